The van der Waals surface area contributed by atoms with E-state index in [0.717, 1.165) is 37.5 Å². The summed E-state index contributed by atoms with van der Waals surface area (Å²) in [7, 11) is 0. The quantitative estimate of drug-likeness (QED) is 0.518. The van der Waals surface area contributed by atoms with Gasteiger partial charge in [-0.1, -0.05) is 50.0 Å². The Morgan fingerprint density at radius 3 is 2.61 bits per heavy atom. The zero-order valence-electron chi connectivity index (χ0n) is 20.3. The van der Waals surface area contributed by atoms with E-state index in [2.05, 4.69) is 26.0 Å². The van der Waals surface area contributed by atoms with Crippen molar-refractivity contribution in [2.75, 3.05) is 0 Å². The Morgan fingerprint density at radius 1 is 1.10 bits per heavy atom. The first-order valence-corrected chi connectivity index (χ1v) is 13.1. The van der Waals surface area contributed by atoms with E-state index in [4.69, 9.17) is 0 Å². The maximum absolute atomic E-state index is 10.6. The molecule has 8 atom stereocenters. The number of rotatable bonds is 5. The SMILES string of the molecule is C[C@H](CCCC(C)(C)O)[C@H]1CC[C@H]2/C3=C/C=C4/C[C@@H](O)C[C@H](O)C4CC[C@@H]3CC[C@]12C. The fourth-order valence-electron chi connectivity index (χ4n) is 8.01. The number of hydrogen-bond acceptors (Lipinski definition) is 3. The van der Waals surface area contributed by atoms with Gasteiger partial charge in [0.25, 0.3) is 0 Å². The van der Waals surface area contributed by atoms with Gasteiger partial charge in [0.1, 0.15) is 0 Å². The van der Waals surface area contributed by atoms with E-state index < -0.39 is 5.60 Å². The summed E-state index contributed by atoms with van der Waals surface area (Å²) in [4.78, 5) is 0. The standard InChI is InChI=1S/C28H46O3/c1-18(6-5-14-27(2,3)31)24-11-12-25-22-9-8-20-16-21(29)17-26(30)23(20)10-7-19(22)13-15-28(24,25)4/h8-9,18-19,21,23-26,29-31H,5-7,10-17H2,1-4H3/b20-8-,22-9+/t18-,19-,21-,23?,24-,25+,26+,28-/m1/s1. The van der Waals surface area contributed by atoms with Crippen molar-refractivity contribution in [1.82, 2.24) is 0 Å². The average molecular weight is 431 g/mol. The number of hydrogen-bond donors (Lipinski definition) is 3. The molecule has 0 heterocycles. The van der Waals surface area contributed by atoms with Crippen LogP contribution in [0.25, 0.3) is 0 Å². The minimum Gasteiger partial charge on any atom is -0.393 e. The normalized spacial score (nSPS) is 45.1. The molecule has 0 aliphatic heterocycles. The fraction of sp³-hybridized carbons (Fsp3) is 0.857. The second-order valence-electron chi connectivity index (χ2n) is 12.4. The summed E-state index contributed by atoms with van der Waals surface area (Å²) in [5.74, 6) is 3.13. The Labute approximate surface area is 190 Å². The molecule has 0 aromatic carbocycles. The second kappa shape index (κ2) is 8.95. The number of aliphatic hydroxyl groups excluding tert-OH is 2. The highest BCUT2D eigenvalue weighted by Gasteiger charge is 2.52. The molecule has 3 nitrogen and oxygen atoms in total. The van der Waals surface area contributed by atoms with Crippen molar-refractivity contribution >= 4 is 0 Å². The average Bonchev–Trinajstić information content (AvgIpc) is 3.00. The smallest absolute Gasteiger partial charge is 0.0630 e. The van der Waals surface area contributed by atoms with E-state index in [0.29, 0.717) is 23.7 Å². The van der Waals surface area contributed by atoms with Crippen LogP contribution in [0.1, 0.15) is 98.3 Å². The van der Waals surface area contributed by atoms with E-state index in [1.807, 2.05) is 13.8 Å². The number of aliphatic hydroxyl groups is 3. The molecule has 4 rings (SSSR count). The molecule has 0 aromatic rings. The first-order chi connectivity index (χ1) is 14.6. The van der Waals surface area contributed by atoms with Gasteiger partial charge in [0.15, 0.2) is 0 Å². The topological polar surface area (TPSA) is 60.7 Å². The Balaban J connectivity index is 1.51. The number of fused-ring (bicyclic) bond motifs is 4. The minimum atomic E-state index is -0.546. The van der Waals surface area contributed by atoms with Crippen LogP contribution >= 0.6 is 0 Å². The lowest BCUT2D eigenvalue weighted by atomic mass is 9.57. The summed E-state index contributed by atoms with van der Waals surface area (Å²) in [5, 5.41) is 30.8. The van der Waals surface area contributed by atoms with E-state index in [9.17, 15) is 15.3 Å². The van der Waals surface area contributed by atoms with Gasteiger partial charge in [-0.15, -0.1) is 0 Å². The first kappa shape index (κ1) is 23.5. The summed E-state index contributed by atoms with van der Waals surface area (Å²) in [5.41, 5.74) is 2.81. The van der Waals surface area contributed by atoms with Crippen molar-refractivity contribution in [2.24, 2.45) is 35.0 Å². The Hall–Kier alpha value is -0.640. The van der Waals surface area contributed by atoms with Crippen molar-refractivity contribution in [1.29, 1.82) is 0 Å². The van der Waals surface area contributed by atoms with E-state index in [1.165, 1.54) is 44.1 Å². The zero-order valence-corrected chi connectivity index (χ0v) is 20.3. The van der Waals surface area contributed by atoms with Crippen LogP contribution in [0, 0.1) is 35.0 Å². The third-order valence-electron chi connectivity index (χ3n) is 9.69. The van der Waals surface area contributed by atoms with E-state index in [1.54, 1.807) is 5.57 Å². The molecule has 0 radical (unpaired) electrons. The molecule has 3 fully saturated rings. The maximum atomic E-state index is 10.6. The molecule has 4 aliphatic rings. The molecule has 4 aliphatic carbocycles. The lowest BCUT2D eigenvalue weighted by molar-refractivity contribution is 0.0213. The molecule has 3 saturated carbocycles. The molecule has 3 heteroatoms. The minimum absolute atomic E-state index is 0.252. The van der Waals surface area contributed by atoms with Crippen LogP contribution in [0.2, 0.25) is 0 Å². The Morgan fingerprint density at radius 2 is 1.87 bits per heavy atom. The molecular weight excluding hydrogens is 384 g/mol. The molecule has 1 unspecified atom stereocenters. The summed E-state index contributed by atoms with van der Waals surface area (Å²) >= 11 is 0. The summed E-state index contributed by atoms with van der Waals surface area (Å²) in [6.45, 7) is 8.88. The molecule has 0 amide bonds. The van der Waals surface area contributed by atoms with E-state index >= 15 is 0 Å². The van der Waals surface area contributed by atoms with Gasteiger partial charge in [0.2, 0.25) is 0 Å². The molecule has 0 spiro atoms. The van der Waals surface area contributed by atoms with Crippen molar-refractivity contribution < 1.29 is 15.3 Å². The monoisotopic (exact) mass is 430 g/mol. The maximum Gasteiger partial charge on any atom is 0.0630 e. The molecular formula is C28H46O3. The summed E-state index contributed by atoms with van der Waals surface area (Å²) in [6.07, 6.45) is 16.0. The van der Waals surface area contributed by atoms with Crippen LogP contribution in [0.15, 0.2) is 23.3 Å². The van der Waals surface area contributed by atoms with Gasteiger partial charge in [-0.2, -0.15) is 0 Å². The molecule has 0 bridgehead atoms. The molecule has 0 aromatic heterocycles. The Kier molecular flexibility index (Phi) is 6.79. The fourth-order valence-corrected chi connectivity index (χ4v) is 8.01. The first-order valence-electron chi connectivity index (χ1n) is 13.1. The predicted molar refractivity (Wildman–Crippen MR) is 126 cm³/mol. The van der Waals surface area contributed by atoms with Gasteiger partial charge in [0.05, 0.1) is 17.8 Å². The van der Waals surface area contributed by atoms with Crippen LogP contribution in [0.4, 0.5) is 0 Å². The summed E-state index contributed by atoms with van der Waals surface area (Å²) in [6, 6.07) is 0. The Bertz CT molecular complexity index is 702. The molecule has 0 saturated heterocycles. The van der Waals surface area contributed by atoms with Gasteiger partial charge < -0.3 is 15.3 Å². The highest BCUT2D eigenvalue weighted by molar-refractivity contribution is 5.30. The number of allylic oxidation sites excluding steroid dienone is 3. The van der Waals surface area contributed by atoms with Crippen molar-refractivity contribution in [3.8, 4) is 0 Å². The zero-order chi connectivity index (χ0) is 22.4. The van der Waals surface area contributed by atoms with Gasteiger partial charge in [-0.05, 0) is 94.3 Å². The van der Waals surface area contributed by atoms with Crippen LogP contribution in [0.3, 0.4) is 0 Å². The van der Waals surface area contributed by atoms with Crippen LogP contribution in [-0.2, 0) is 0 Å². The summed E-state index contributed by atoms with van der Waals surface area (Å²) < 4.78 is 0. The second-order valence-corrected chi connectivity index (χ2v) is 12.4. The van der Waals surface area contributed by atoms with Crippen molar-refractivity contribution in [3.63, 3.8) is 0 Å². The lowest BCUT2D eigenvalue weighted by Gasteiger charge is -2.48. The lowest BCUT2D eigenvalue weighted by Crippen LogP contribution is -2.40. The van der Waals surface area contributed by atoms with Crippen molar-refractivity contribution in [3.05, 3.63) is 23.3 Å². The van der Waals surface area contributed by atoms with E-state index in [-0.39, 0.29) is 18.1 Å². The van der Waals surface area contributed by atoms with Gasteiger partial charge in [-0.25, -0.2) is 0 Å². The van der Waals surface area contributed by atoms with Gasteiger partial charge in [0, 0.05) is 12.3 Å². The van der Waals surface area contributed by atoms with Crippen molar-refractivity contribution in [2.45, 2.75) is 116 Å². The van der Waals surface area contributed by atoms with Crippen LogP contribution in [-0.4, -0.2) is 33.1 Å². The molecule has 176 valence electrons. The van der Waals surface area contributed by atoms with Gasteiger partial charge >= 0.3 is 0 Å². The third-order valence-corrected chi connectivity index (χ3v) is 9.69. The highest BCUT2D eigenvalue weighted by Crippen LogP contribution is 2.62. The van der Waals surface area contributed by atoms with Gasteiger partial charge in [-0.3, -0.25) is 0 Å². The van der Waals surface area contributed by atoms with Crippen LogP contribution < -0.4 is 0 Å². The highest BCUT2D eigenvalue weighted by atomic mass is 16.3. The molecule has 31 heavy (non-hydrogen) atoms. The van der Waals surface area contributed by atoms with Crippen LogP contribution in [0.5, 0.6) is 0 Å². The largest absolute Gasteiger partial charge is 0.393 e. The predicted octanol–water partition coefficient (Wildman–Crippen LogP) is 5.78. The molecule has 3 N–H and O–H groups in total. The third kappa shape index (κ3) is 4.84.